The quantitative estimate of drug-likeness (QED) is 0.830. The van der Waals surface area contributed by atoms with Gasteiger partial charge >= 0.3 is 0 Å². The summed E-state index contributed by atoms with van der Waals surface area (Å²) in [5.74, 6) is -0.0102. The van der Waals surface area contributed by atoms with E-state index in [0.717, 1.165) is 31.2 Å². The zero-order valence-corrected chi connectivity index (χ0v) is 14.6. The van der Waals surface area contributed by atoms with Crippen molar-refractivity contribution in [2.24, 2.45) is 11.8 Å². The molecule has 128 valence electrons. The van der Waals surface area contributed by atoms with Crippen molar-refractivity contribution in [2.75, 3.05) is 12.8 Å². The molecule has 24 heavy (non-hydrogen) atoms. The fraction of sp³-hybridized carbons (Fsp3) is 0.444. The summed E-state index contributed by atoms with van der Waals surface area (Å²) in [5, 5.41) is 11.2. The number of hydrogen-bond acceptors (Lipinski definition) is 4. The van der Waals surface area contributed by atoms with Crippen LogP contribution in [0.2, 0.25) is 0 Å². The van der Waals surface area contributed by atoms with Crippen LogP contribution in [0.15, 0.2) is 35.2 Å². The first-order valence-corrected chi connectivity index (χ1v) is 9.94. The maximum atomic E-state index is 12.2. The highest BCUT2D eigenvalue weighted by Gasteiger charge is 2.28. The van der Waals surface area contributed by atoms with Gasteiger partial charge in [0.05, 0.1) is 11.0 Å². The fourth-order valence-electron chi connectivity index (χ4n) is 3.03. The molecular weight excluding hydrogens is 324 g/mol. The van der Waals surface area contributed by atoms with E-state index in [0.29, 0.717) is 4.90 Å². The van der Waals surface area contributed by atoms with Gasteiger partial charge in [0, 0.05) is 12.2 Å². The van der Waals surface area contributed by atoms with Crippen LogP contribution >= 0.6 is 0 Å². The lowest BCUT2D eigenvalue weighted by molar-refractivity contribution is -0.126. The number of carbonyl (C=O) groups excluding carboxylic acids is 1. The summed E-state index contributed by atoms with van der Waals surface area (Å²) in [6.45, 7) is 0.0404. The highest BCUT2D eigenvalue weighted by atomic mass is 32.2. The van der Waals surface area contributed by atoms with Gasteiger partial charge in [0.15, 0.2) is 9.84 Å². The number of sulfone groups is 1. The van der Waals surface area contributed by atoms with Gasteiger partial charge in [-0.1, -0.05) is 37.1 Å². The van der Waals surface area contributed by atoms with Crippen LogP contribution < -0.4 is 5.32 Å². The van der Waals surface area contributed by atoms with Crippen LogP contribution in [0.25, 0.3) is 6.08 Å². The average Bonchev–Trinajstić information content (AvgIpc) is 2.57. The maximum absolute atomic E-state index is 12.2. The molecule has 0 saturated heterocycles. The number of nitriles is 1. The van der Waals surface area contributed by atoms with Crippen molar-refractivity contribution in [3.63, 3.8) is 0 Å². The molecule has 1 aromatic rings. The molecule has 0 aliphatic heterocycles. The second-order valence-corrected chi connectivity index (χ2v) is 8.15. The van der Waals surface area contributed by atoms with E-state index in [1.807, 2.05) is 18.2 Å². The minimum absolute atomic E-state index is 0.0404. The smallest absolute Gasteiger partial charge is 0.224 e. The van der Waals surface area contributed by atoms with Crippen molar-refractivity contribution in [1.29, 1.82) is 5.26 Å². The predicted molar refractivity (Wildman–Crippen MR) is 92.7 cm³/mol. The van der Waals surface area contributed by atoms with Gasteiger partial charge in [0.2, 0.25) is 5.91 Å². The molecule has 2 unspecified atom stereocenters. The van der Waals surface area contributed by atoms with Gasteiger partial charge in [-0.15, -0.1) is 0 Å². The molecule has 2 rings (SSSR count). The van der Waals surface area contributed by atoms with Crippen molar-refractivity contribution < 1.29 is 13.2 Å². The van der Waals surface area contributed by atoms with Gasteiger partial charge in [-0.3, -0.25) is 4.79 Å². The van der Waals surface area contributed by atoms with E-state index in [1.54, 1.807) is 24.3 Å². The molecule has 5 nitrogen and oxygen atoms in total. The largest absolute Gasteiger partial charge is 0.343 e. The molecule has 0 heterocycles. The molecular formula is C18H22N2O3S. The van der Waals surface area contributed by atoms with Crippen molar-refractivity contribution in [1.82, 2.24) is 5.32 Å². The summed E-state index contributed by atoms with van der Waals surface area (Å²) in [6, 6.07) is 8.64. The minimum atomic E-state index is -3.19. The number of amides is 1. The number of nitrogens with zero attached hydrogens (tertiary/aromatic N) is 1. The highest BCUT2D eigenvalue weighted by molar-refractivity contribution is 7.90. The molecule has 2 atom stereocenters. The summed E-state index contributed by atoms with van der Waals surface area (Å²) in [7, 11) is -3.19. The van der Waals surface area contributed by atoms with Crippen LogP contribution in [0, 0.1) is 23.2 Å². The first-order chi connectivity index (χ1) is 11.4. The molecule has 1 saturated carbocycles. The summed E-state index contributed by atoms with van der Waals surface area (Å²) in [5.41, 5.74) is 0.907. The normalized spacial score (nSPS) is 21.3. The number of benzene rings is 1. The summed E-state index contributed by atoms with van der Waals surface area (Å²) >= 11 is 0. The fourth-order valence-corrected chi connectivity index (χ4v) is 3.66. The summed E-state index contributed by atoms with van der Waals surface area (Å²) in [4.78, 5) is 12.5. The van der Waals surface area contributed by atoms with Crippen molar-refractivity contribution >= 4 is 21.8 Å². The lowest BCUT2D eigenvalue weighted by Crippen LogP contribution is -2.36. The standard InChI is InChI=1S/C18H22N2O3S/c1-24(22,23)16-10-7-14(8-11-16)6-9-15-4-2-3-5-17(15)18(21)20-13-12-19/h6-11,15,17H,2-5,13H2,1H3,(H,20,21). The molecule has 0 spiro atoms. The lowest BCUT2D eigenvalue weighted by atomic mass is 9.78. The lowest BCUT2D eigenvalue weighted by Gasteiger charge is -2.28. The van der Waals surface area contributed by atoms with Crippen LogP contribution in [-0.2, 0) is 14.6 Å². The van der Waals surface area contributed by atoms with E-state index in [9.17, 15) is 13.2 Å². The van der Waals surface area contributed by atoms with E-state index in [-0.39, 0.29) is 24.3 Å². The van der Waals surface area contributed by atoms with Crippen LogP contribution in [-0.4, -0.2) is 27.1 Å². The zero-order chi connectivity index (χ0) is 17.6. The topological polar surface area (TPSA) is 87.0 Å². The minimum Gasteiger partial charge on any atom is -0.343 e. The summed E-state index contributed by atoms with van der Waals surface area (Å²) in [6.07, 6.45) is 9.05. The van der Waals surface area contributed by atoms with Crippen LogP contribution in [0.5, 0.6) is 0 Å². The van der Waals surface area contributed by atoms with Gasteiger partial charge in [0.1, 0.15) is 6.54 Å². The number of carbonyl (C=O) groups is 1. The van der Waals surface area contributed by atoms with E-state index < -0.39 is 9.84 Å². The van der Waals surface area contributed by atoms with Gasteiger partial charge in [-0.2, -0.15) is 5.26 Å². The Morgan fingerprint density at radius 1 is 1.29 bits per heavy atom. The Bertz CT molecular complexity index is 745. The first kappa shape index (κ1) is 18.2. The molecule has 1 N–H and O–H groups in total. The third kappa shape index (κ3) is 4.93. The molecule has 1 aromatic carbocycles. The SMILES string of the molecule is CS(=O)(=O)c1ccc(C=CC2CCCCC2C(=O)NCC#N)cc1. The van der Waals surface area contributed by atoms with Crippen LogP contribution in [0.3, 0.4) is 0 Å². The number of allylic oxidation sites excluding steroid dienone is 1. The van der Waals surface area contributed by atoms with E-state index in [2.05, 4.69) is 5.32 Å². The zero-order valence-electron chi connectivity index (χ0n) is 13.7. The van der Waals surface area contributed by atoms with E-state index in [4.69, 9.17) is 5.26 Å². The summed E-state index contributed by atoms with van der Waals surface area (Å²) < 4.78 is 22.9. The molecule has 1 amide bonds. The third-order valence-electron chi connectivity index (χ3n) is 4.34. The van der Waals surface area contributed by atoms with Crippen LogP contribution in [0.4, 0.5) is 0 Å². The van der Waals surface area contributed by atoms with E-state index in [1.165, 1.54) is 6.26 Å². The molecule has 0 aromatic heterocycles. The Morgan fingerprint density at radius 2 is 1.96 bits per heavy atom. The molecule has 0 bridgehead atoms. The second-order valence-electron chi connectivity index (χ2n) is 6.13. The molecule has 1 fully saturated rings. The molecule has 1 aliphatic rings. The number of nitrogens with one attached hydrogen (secondary N) is 1. The Morgan fingerprint density at radius 3 is 2.58 bits per heavy atom. The van der Waals surface area contributed by atoms with Gasteiger partial charge in [0.25, 0.3) is 0 Å². The Kier molecular flexibility index (Phi) is 6.16. The highest BCUT2D eigenvalue weighted by Crippen LogP contribution is 2.31. The van der Waals surface area contributed by atoms with Gasteiger partial charge in [-0.05, 0) is 36.5 Å². The Hall–Kier alpha value is -2.13. The van der Waals surface area contributed by atoms with Crippen molar-refractivity contribution in [3.05, 3.63) is 35.9 Å². The van der Waals surface area contributed by atoms with Crippen LogP contribution in [0.1, 0.15) is 31.2 Å². The molecule has 6 heteroatoms. The Labute approximate surface area is 143 Å². The molecule has 0 radical (unpaired) electrons. The van der Waals surface area contributed by atoms with Gasteiger partial charge < -0.3 is 5.32 Å². The maximum Gasteiger partial charge on any atom is 0.224 e. The van der Waals surface area contributed by atoms with Crippen molar-refractivity contribution in [2.45, 2.75) is 30.6 Å². The first-order valence-electron chi connectivity index (χ1n) is 8.05. The Balaban J connectivity index is 2.08. The van der Waals surface area contributed by atoms with Gasteiger partial charge in [-0.25, -0.2) is 8.42 Å². The average molecular weight is 346 g/mol. The number of hydrogen-bond donors (Lipinski definition) is 1. The predicted octanol–water partition coefficient (Wildman–Crippen LogP) is 2.55. The number of rotatable bonds is 5. The van der Waals surface area contributed by atoms with Crippen molar-refractivity contribution in [3.8, 4) is 6.07 Å². The van der Waals surface area contributed by atoms with E-state index >= 15 is 0 Å². The molecule has 1 aliphatic carbocycles. The third-order valence-corrected chi connectivity index (χ3v) is 5.47. The monoisotopic (exact) mass is 346 g/mol. The second kappa shape index (κ2) is 8.11.